The average Bonchev–Trinajstić information content (AvgIpc) is 2.59. The Bertz CT molecular complexity index is 375. The summed E-state index contributed by atoms with van der Waals surface area (Å²) in [6, 6.07) is 9.42. The van der Waals surface area contributed by atoms with Crippen LogP contribution in [0.4, 0.5) is 0 Å². The molecule has 0 aliphatic rings. The number of benzene rings is 1. The molecule has 0 radical (unpaired) electrons. The zero-order valence-electron chi connectivity index (χ0n) is 6.90. The molecule has 0 saturated carbocycles. The lowest BCUT2D eigenvalue weighted by Crippen LogP contribution is -1.95. The van der Waals surface area contributed by atoms with E-state index in [1.807, 2.05) is 30.3 Å². The summed E-state index contributed by atoms with van der Waals surface area (Å²) < 4.78 is 5.39. The zero-order valence-corrected chi connectivity index (χ0v) is 7.66. The van der Waals surface area contributed by atoms with Gasteiger partial charge in [-0.3, -0.25) is 0 Å². The van der Waals surface area contributed by atoms with Gasteiger partial charge in [0.15, 0.2) is 0 Å². The van der Waals surface area contributed by atoms with Gasteiger partial charge in [-0.15, -0.1) is 11.6 Å². The molecule has 1 aromatic carbocycles. The smallest absolute Gasteiger partial charge is 0.135 e. The highest BCUT2D eigenvalue weighted by atomic mass is 35.5. The minimum Gasteiger partial charge on any atom is -0.458 e. The van der Waals surface area contributed by atoms with Crippen molar-refractivity contribution in [1.82, 2.24) is 0 Å². The molecule has 1 heterocycles. The Morgan fingerprint density at radius 2 is 2.15 bits per heavy atom. The highest BCUT2D eigenvalue weighted by Crippen LogP contribution is 2.23. The van der Waals surface area contributed by atoms with Crippen LogP contribution in [0.3, 0.4) is 0 Å². The summed E-state index contributed by atoms with van der Waals surface area (Å²) >= 11 is 5.50. The van der Waals surface area contributed by atoms with Crippen LogP contribution >= 0.6 is 11.6 Å². The van der Waals surface area contributed by atoms with Crippen LogP contribution in [0, 0.1) is 0 Å². The second kappa shape index (κ2) is 3.40. The molecule has 2 rings (SSSR count). The van der Waals surface area contributed by atoms with Gasteiger partial charge in [0.25, 0.3) is 0 Å². The third-order valence-corrected chi connectivity index (χ3v) is 2.21. The molecule has 0 fully saturated rings. The summed E-state index contributed by atoms with van der Waals surface area (Å²) in [5.41, 5.74) is 0.779. The lowest BCUT2D eigenvalue weighted by Gasteiger charge is -1.99. The predicted octanol–water partition coefficient (Wildman–Crippen LogP) is 2.71. The van der Waals surface area contributed by atoms with Crippen molar-refractivity contribution in [3.63, 3.8) is 0 Å². The topological polar surface area (TPSA) is 33.4 Å². The van der Waals surface area contributed by atoms with Crippen molar-refractivity contribution in [2.24, 2.45) is 0 Å². The number of rotatable bonds is 2. The quantitative estimate of drug-likeness (QED) is 0.750. The third-order valence-electron chi connectivity index (χ3n) is 1.92. The van der Waals surface area contributed by atoms with Gasteiger partial charge in [-0.2, -0.15) is 0 Å². The number of halogens is 1. The molecule has 13 heavy (non-hydrogen) atoms. The fourth-order valence-electron chi connectivity index (χ4n) is 1.24. The van der Waals surface area contributed by atoms with Gasteiger partial charge in [-0.25, -0.2) is 0 Å². The minimum atomic E-state index is -0.714. The molecule has 0 amide bonds. The summed E-state index contributed by atoms with van der Waals surface area (Å²) in [5, 5.41) is 10.4. The number of hydrogen-bond donors (Lipinski definition) is 1. The molecule has 0 aliphatic carbocycles. The van der Waals surface area contributed by atoms with Crippen LogP contribution < -0.4 is 0 Å². The van der Waals surface area contributed by atoms with Crippen molar-refractivity contribution in [2.75, 3.05) is 5.88 Å². The molecule has 1 aromatic heterocycles. The first-order valence-electron chi connectivity index (χ1n) is 4.04. The average molecular weight is 197 g/mol. The van der Waals surface area contributed by atoms with Crippen molar-refractivity contribution in [3.05, 3.63) is 36.1 Å². The molecular weight excluding hydrogens is 188 g/mol. The summed E-state index contributed by atoms with van der Waals surface area (Å²) in [6.07, 6.45) is -0.714. The maximum Gasteiger partial charge on any atom is 0.135 e. The van der Waals surface area contributed by atoms with Crippen molar-refractivity contribution in [2.45, 2.75) is 6.10 Å². The van der Waals surface area contributed by atoms with Gasteiger partial charge in [0, 0.05) is 5.39 Å². The molecule has 2 aromatic rings. The molecule has 1 atom stereocenters. The van der Waals surface area contributed by atoms with Crippen LogP contribution in [-0.4, -0.2) is 11.0 Å². The van der Waals surface area contributed by atoms with E-state index in [-0.39, 0.29) is 5.88 Å². The van der Waals surface area contributed by atoms with Crippen LogP contribution in [0.1, 0.15) is 11.9 Å². The Morgan fingerprint density at radius 1 is 1.38 bits per heavy atom. The Kier molecular flexibility index (Phi) is 2.25. The fraction of sp³-hybridized carbons (Fsp3) is 0.200. The molecule has 0 aliphatic heterocycles. The van der Waals surface area contributed by atoms with E-state index < -0.39 is 6.10 Å². The Morgan fingerprint density at radius 3 is 2.85 bits per heavy atom. The number of furan rings is 1. The van der Waals surface area contributed by atoms with Crippen molar-refractivity contribution < 1.29 is 9.52 Å². The second-order valence-electron chi connectivity index (χ2n) is 2.86. The Balaban J connectivity index is 2.49. The molecule has 0 unspecified atom stereocenters. The van der Waals surface area contributed by atoms with Gasteiger partial charge in [-0.1, -0.05) is 18.2 Å². The van der Waals surface area contributed by atoms with Crippen molar-refractivity contribution >= 4 is 22.6 Å². The Labute approximate surface area is 80.7 Å². The van der Waals surface area contributed by atoms with E-state index in [1.54, 1.807) is 0 Å². The van der Waals surface area contributed by atoms with Crippen LogP contribution in [0.5, 0.6) is 0 Å². The van der Waals surface area contributed by atoms with Crippen LogP contribution in [-0.2, 0) is 0 Å². The first-order chi connectivity index (χ1) is 6.31. The number of alkyl halides is 1. The van der Waals surface area contributed by atoms with E-state index in [2.05, 4.69) is 0 Å². The number of hydrogen-bond acceptors (Lipinski definition) is 2. The first kappa shape index (κ1) is 8.60. The molecule has 3 heteroatoms. The fourth-order valence-corrected chi connectivity index (χ4v) is 1.39. The molecule has 0 saturated heterocycles. The van der Waals surface area contributed by atoms with Gasteiger partial charge in [-0.05, 0) is 12.1 Å². The van der Waals surface area contributed by atoms with Gasteiger partial charge in [0.2, 0.25) is 0 Å². The highest BCUT2D eigenvalue weighted by molar-refractivity contribution is 6.18. The van der Waals surface area contributed by atoms with Gasteiger partial charge >= 0.3 is 0 Å². The van der Waals surface area contributed by atoms with Gasteiger partial charge in [0.05, 0.1) is 5.88 Å². The van der Waals surface area contributed by atoms with Gasteiger partial charge < -0.3 is 9.52 Å². The van der Waals surface area contributed by atoms with E-state index in [0.29, 0.717) is 5.76 Å². The number of aliphatic hydroxyl groups excluding tert-OH is 1. The number of fused-ring (bicyclic) bond motifs is 1. The largest absolute Gasteiger partial charge is 0.458 e. The summed E-state index contributed by atoms with van der Waals surface area (Å²) in [7, 11) is 0. The maximum absolute atomic E-state index is 9.40. The minimum absolute atomic E-state index is 0.153. The van der Waals surface area contributed by atoms with Crippen molar-refractivity contribution in [3.8, 4) is 0 Å². The molecule has 0 spiro atoms. The molecule has 1 N–H and O–H groups in total. The van der Waals surface area contributed by atoms with Crippen LogP contribution in [0.2, 0.25) is 0 Å². The third kappa shape index (κ3) is 1.55. The highest BCUT2D eigenvalue weighted by Gasteiger charge is 2.11. The lowest BCUT2D eigenvalue weighted by atomic mass is 10.2. The van der Waals surface area contributed by atoms with E-state index in [0.717, 1.165) is 11.0 Å². The zero-order chi connectivity index (χ0) is 9.26. The predicted molar refractivity (Wildman–Crippen MR) is 51.9 cm³/mol. The number of aliphatic hydroxyl groups is 1. The Hall–Kier alpha value is -0.990. The van der Waals surface area contributed by atoms with E-state index in [1.165, 1.54) is 0 Å². The van der Waals surface area contributed by atoms with Crippen LogP contribution in [0.15, 0.2) is 34.7 Å². The van der Waals surface area contributed by atoms with Crippen LogP contribution in [0.25, 0.3) is 11.0 Å². The maximum atomic E-state index is 9.40. The lowest BCUT2D eigenvalue weighted by molar-refractivity contribution is 0.175. The molecule has 2 nitrogen and oxygen atoms in total. The monoisotopic (exact) mass is 196 g/mol. The van der Waals surface area contributed by atoms with E-state index in [4.69, 9.17) is 16.0 Å². The van der Waals surface area contributed by atoms with E-state index in [9.17, 15) is 5.11 Å². The summed E-state index contributed by atoms with van der Waals surface area (Å²) in [4.78, 5) is 0. The van der Waals surface area contributed by atoms with Crippen molar-refractivity contribution in [1.29, 1.82) is 0 Å². The normalized spacial score (nSPS) is 13.4. The number of para-hydroxylation sites is 1. The van der Waals surface area contributed by atoms with Gasteiger partial charge in [0.1, 0.15) is 17.4 Å². The molecule has 68 valence electrons. The van der Waals surface area contributed by atoms with E-state index >= 15 is 0 Å². The summed E-state index contributed by atoms with van der Waals surface area (Å²) in [6.45, 7) is 0. The summed E-state index contributed by atoms with van der Waals surface area (Å²) in [5.74, 6) is 0.677. The molecular formula is C10H9ClO2. The second-order valence-corrected chi connectivity index (χ2v) is 3.17. The standard InChI is InChI=1S/C10H9ClO2/c11-6-8(12)10-5-7-3-1-2-4-9(7)13-10/h1-5,8,12H,6H2/t8-/m0/s1. The molecule has 0 bridgehead atoms. The first-order valence-corrected chi connectivity index (χ1v) is 4.57. The SMILES string of the molecule is O[C@@H](CCl)c1cc2ccccc2o1.